The van der Waals surface area contributed by atoms with Gasteiger partial charge in [0, 0.05) is 11.1 Å². The topological polar surface area (TPSA) is 130 Å². The van der Waals surface area contributed by atoms with E-state index < -0.39 is 23.9 Å². The summed E-state index contributed by atoms with van der Waals surface area (Å²) in [7, 11) is 0. The van der Waals surface area contributed by atoms with Gasteiger partial charge in [-0.1, -0.05) is 0 Å². The van der Waals surface area contributed by atoms with Crippen LogP contribution in [-0.2, 0) is 14.2 Å². The molecule has 2 aromatic carbocycles. The zero-order chi connectivity index (χ0) is 22.7. The van der Waals surface area contributed by atoms with E-state index in [4.69, 9.17) is 9.47 Å². The van der Waals surface area contributed by atoms with Gasteiger partial charge in [0.1, 0.15) is 13.2 Å². The van der Waals surface area contributed by atoms with Crippen molar-refractivity contribution in [2.45, 2.75) is 13.8 Å². The van der Waals surface area contributed by atoms with Gasteiger partial charge in [0.15, 0.2) is 11.6 Å². The van der Waals surface area contributed by atoms with Crippen molar-refractivity contribution in [1.82, 2.24) is 0 Å². The van der Waals surface area contributed by atoms with Gasteiger partial charge in [0.25, 0.3) is 0 Å². The lowest BCUT2D eigenvalue weighted by Gasteiger charge is -2.09. The van der Waals surface area contributed by atoms with Gasteiger partial charge in [-0.05, 0) is 50.2 Å². The highest BCUT2D eigenvalue weighted by molar-refractivity contribution is 6.15. The fourth-order valence-electron chi connectivity index (χ4n) is 2.92. The van der Waals surface area contributed by atoms with E-state index in [-0.39, 0.29) is 58.2 Å². The summed E-state index contributed by atoms with van der Waals surface area (Å²) in [4.78, 5) is 70.5. The third-order valence-corrected chi connectivity index (χ3v) is 4.44. The molecule has 3 rings (SSSR count). The van der Waals surface area contributed by atoms with Crippen LogP contribution in [0.3, 0.4) is 0 Å². The van der Waals surface area contributed by atoms with Crippen molar-refractivity contribution in [2.75, 3.05) is 13.2 Å². The lowest BCUT2D eigenvalue weighted by molar-refractivity contribution is 0.0265. The highest BCUT2D eigenvalue weighted by Gasteiger charge is 2.30. The maximum absolute atomic E-state index is 12.2. The molecular formula is C22H16O9. The summed E-state index contributed by atoms with van der Waals surface area (Å²) < 4.78 is 14.5. The van der Waals surface area contributed by atoms with Crippen molar-refractivity contribution >= 4 is 35.4 Å². The van der Waals surface area contributed by atoms with Crippen LogP contribution in [0.5, 0.6) is 0 Å². The predicted octanol–water partition coefficient (Wildman–Crippen LogP) is 2.42. The molecule has 9 nitrogen and oxygen atoms in total. The van der Waals surface area contributed by atoms with Gasteiger partial charge >= 0.3 is 23.9 Å². The molecule has 0 spiro atoms. The lowest BCUT2D eigenvalue weighted by Crippen LogP contribution is -2.15. The molecule has 1 heterocycles. The van der Waals surface area contributed by atoms with Crippen LogP contribution in [0.15, 0.2) is 36.4 Å². The minimum atomic E-state index is -0.843. The first-order valence-electron chi connectivity index (χ1n) is 9.09. The number of benzene rings is 2. The van der Waals surface area contributed by atoms with E-state index in [9.17, 15) is 28.8 Å². The van der Waals surface area contributed by atoms with Gasteiger partial charge in [0.05, 0.1) is 22.3 Å². The Balaban J connectivity index is 1.56. The average Bonchev–Trinajstić information content (AvgIpc) is 3.03. The summed E-state index contributed by atoms with van der Waals surface area (Å²) in [5, 5.41) is 0. The second kappa shape index (κ2) is 8.70. The molecule has 0 amide bonds. The predicted molar refractivity (Wildman–Crippen MR) is 103 cm³/mol. The third kappa shape index (κ3) is 4.55. The second-order valence-corrected chi connectivity index (χ2v) is 6.58. The summed E-state index contributed by atoms with van der Waals surface area (Å²) >= 11 is 0. The van der Waals surface area contributed by atoms with Gasteiger partial charge < -0.3 is 14.2 Å². The molecule has 1 aliphatic rings. The van der Waals surface area contributed by atoms with Crippen molar-refractivity contribution in [3.05, 3.63) is 69.8 Å². The molecule has 158 valence electrons. The van der Waals surface area contributed by atoms with E-state index in [0.717, 1.165) is 0 Å². The molecule has 2 aromatic rings. The summed E-state index contributed by atoms with van der Waals surface area (Å²) in [5.41, 5.74) is 0.461. The SMILES string of the molecule is CC(=O)c1ccc(C(=O)OCCOC(=O)c2ccc3c(c2)C(=O)OC3=O)cc1C(C)=O. The number of carbonyl (C=O) groups is 6. The molecule has 31 heavy (non-hydrogen) atoms. The molecule has 0 aliphatic carbocycles. The third-order valence-electron chi connectivity index (χ3n) is 4.44. The van der Waals surface area contributed by atoms with Crippen LogP contribution < -0.4 is 0 Å². The van der Waals surface area contributed by atoms with Crippen LogP contribution in [0.25, 0.3) is 0 Å². The Morgan fingerprint density at radius 1 is 0.710 bits per heavy atom. The number of carbonyl (C=O) groups excluding carboxylic acids is 6. The van der Waals surface area contributed by atoms with E-state index in [2.05, 4.69) is 4.74 Å². The number of rotatable bonds is 7. The maximum Gasteiger partial charge on any atom is 0.346 e. The number of Topliss-reactive ketones (excluding diaryl/α,β-unsaturated/α-hetero) is 2. The molecule has 9 heteroatoms. The molecule has 0 fully saturated rings. The fraction of sp³-hybridized carbons (Fsp3) is 0.182. The fourth-order valence-corrected chi connectivity index (χ4v) is 2.92. The molecule has 0 bridgehead atoms. The van der Waals surface area contributed by atoms with Gasteiger partial charge in [-0.2, -0.15) is 0 Å². The van der Waals surface area contributed by atoms with Crippen LogP contribution in [0, 0.1) is 0 Å². The quantitative estimate of drug-likeness (QED) is 0.216. The smallest absolute Gasteiger partial charge is 0.346 e. The van der Waals surface area contributed by atoms with Gasteiger partial charge in [-0.3, -0.25) is 9.59 Å². The van der Waals surface area contributed by atoms with E-state index >= 15 is 0 Å². The molecule has 0 radical (unpaired) electrons. The highest BCUT2D eigenvalue weighted by atomic mass is 16.6. The van der Waals surface area contributed by atoms with Crippen LogP contribution in [0.4, 0.5) is 0 Å². The summed E-state index contributed by atoms with van der Waals surface area (Å²) in [6.45, 7) is 2.07. The van der Waals surface area contributed by atoms with E-state index in [0.29, 0.717) is 0 Å². The van der Waals surface area contributed by atoms with Crippen molar-refractivity contribution in [3.63, 3.8) is 0 Å². The first-order chi connectivity index (χ1) is 14.7. The van der Waals surface area contributed by atoms with Crippen molar-refractivity contribution in [2.24, 2.45) is 0 Å². The second-order valence-electron chi connectivity index (χ2n) is 6.58. The number of esters is 4. The van der Waals surface area contributed by atoms with Crippen molar-refractivity contribution in [1.29, 1.82) is 0 Å². The Morgan fingerprint density at radius 2 is 1.23 bits per heavy atom. The average molecular weight is 424 g/mol. The van der Waals surface area contributed by atoms with Crippen LogP contribution >= 0.6 is 0 Å². The summed E-state index contributed by atoms with van der Waals surface area (Å²) in [6.07, 6.45) is 0. The van der Waals surface area contributed by atoms with Gasteiger partial charge in [0.2, 0.25) is 0 Å². The Morgan fingerprint density at radius 3 is 1.81 bits per heavy atom. The maximum atomic E-state index is 12.2. The number of hydrogen-bond donors (Lipinski definition) is 0. The van der Waals surface area contributed by atoms with Gasteiger partial charge in [-0.25, -0.2) is 19.2 Å². The minimum absolute atomic E-state index is 0.0267. The van der Waals surface area contributed by atoms with E-state index in [1.807, 2.05) is 0 Å². The molecular weight excluding hydrogens is 408 g/mol. The Labute approximate surface area is 175 Å². The number of fused-ring (bicyclic) bond motifs is 1. The number of ketones is 2. The molecule has 0 aromatic heterocycles. The molecule has 0 N–H and O–H groups in total. The lowest BCUT2D eigenvalue weighted by atomic mass is 9.98. The molecule has 0 atom stereocenters. The zero-order valence-corrected chi connectivity index (χ0v) is 16.6. The van der Waals surface area contributed by atoms with E-state index in [1.165, 1.54) is 50.2 Å². The molecule has 1 aliphatic heterocycles. The Kier molecular flexibility index (Phi) is 6.05. The van der Waals surface area contributed by atoms with Crippen LogP contribution in [0.2, 0.25) is 0 Å². The first-order valence-corrected chi connectivity index (χ1v) is 9.09. The monoisotopic (exact) mass is 424 g/mol. The first kappa shape index (κ1) is 21.6. The van der Waals surface area contributed by atoms with E-state index in [1.54, 1.807) is 0 Å². The number of hydrogen-bond acceptors (Lipinski definition) is 9. The standard InChI is InChI=1S/C22H16O9/c1-11(23)15-5-3-13(9-17(15)12(2)24)19(25)29-7-8-30-20(26)14-4-6-16-18(10-14)22(28)31-21(16)27/h3-6,9-10H,7-8H2,1-2H3. The van der Waals surface area contributed by atoms with Gasteiger partial charge in [-0.15, -0.1) is 0 Å². The van der Waals surface area contributed by atoms with Crippen molar-refractivity contribution < 1.29 is 43.0 Å². The molecule has 0 saturated heterocycles. The minimum Gasteiger partial charge on any atom is -0.458 e. The number of ether oxygens (including phenoxy) is 3. The Bertz CT molecular complexity index is 1140. The Hall–Kier alpha value is -4.14. The van der Waals surface area contributed by atoms with Crippen LogP contribution in [-0.4, -0.2) is 48.7 Å². The van der Waals surface area contributed by atoms with Crippen molar-refractivity contribution in [3.8, 4) is 0 Å². The largest absolute Gasteiger partial charge is 0.458 e. The zero-order valence-electron chi connectivity index (χ0n) is 16.6. The van der Waals surface area contributed by atoms with Crippen LogP contribution in [0.1, 0.15) is 76.0 Å². The molecule has 0 unspecified atom stereocenters. The highest BCUT2D eigenvalue weighted by Crippen LogP contribution is 2.21. The molecule has 0 saturated carbocycles. The number of cyclic esters (lactones) is 2. The normalized spacial score (nSPS) is 12.1. The summed E-state index contributed by atoms with van der Waals surface area (Å²) in [5.74, 6) is -3.83. The summed E-state index contributed by atoms with van der Waals surface area (Å²) in [6, 6.07) is 7.81.